The normalized spacial score (nSPS) is 22.6. The molecule has 3 amide bonds. The lowest BCUT2D eigenvalue weighted by atomic mass is 9.95. The SMILES string of the molecule is CC(C)CCNC(=O)C1(C)Cn2nc(C(=O)NC3CCCCCC3)cc2C(=O)N1C. The molecular formula is C22H35N5O3. The number of hydrogen-bond acceptors (Lipinski definition) is 4. The van der Waals surface area contributed by atoms with Gasteiger partial charge in [0.2, 0.25) is 5.91 Å². The van der Waals surface area contributed by atoms with Crippen molar-refractivity contribution in [2.75, 3.05) is 13.6 Å². The van der Waals surface area contributed by atoms with Crippen LogP contribution in [0.1, 0.15) is 86.7 Å². The minimum Gasteiger partial charge on any atom is -0.354 e. The minimum atomic E-state index is -1.05. The molecule has 2 aliphatic rings. The van der Waals surface area contributed by atoms with Crippen molar-refractivity contribution in [1.82, 2.24) is 25.3 Å². The minimum absolute atomic E-state index is 0.161. The molecule has 1 saturated carbocycles. The van der Waals surface area contributed by atoms with Gasteiger partial charge in [-0.2, -0.15) is 5.10 Å². The molecule has 166 valence electrons. The molecule has 0 bridgehead atoms. The molecule has 1 aliphatic carbocycles. The van der Waals surface area contributed by atoms with E-state index < -0.39 is 5.54 Å². The van der Waals surface area contributed by atoms with Crippen LogP contribution in [0.3, 0.4) is 0 Å². The zero-order valence-electron chi connectivity index (χ0n) is 18.7. The Morgan fingerprint density at radius 1 is 1.23 bits per heavy atom. The van der Waals surface area contributed by atoms with E-state index in [1.165, 1.54) is 22.4 Å². The predicted octanol–water partition coefficient (Wildman–Crippen LogP) is 2.34. The van der Waals surface area contributed by atoms with Crippen LogP contribution in [-0.4, -0.2) is 57.6 Å². The second-order valence-electron chi connectivity index (χ2n) is 9.31. The Balaban J connectivity index is 1.73. The first-order valence-corrected chi connectivity index (χ1v) is 11.2. The summed E-state index contributed by atoms with van der Waals surface area (Å²) in [4.78, 5) is 40.0. The third-order valence-electron chi connectivity index (χ3n) is 6.42. The number of carbonyl (C=O) groups excluding carboxylic acids is 3. The molecule has 30 heavy (non-hydrogen) atoms. The summed E-state index contributed by atoms with van der Waals surface area (Å²) < 4.78 is 1.51. The highest BCUT2D eigenvalue weighted by molar-refractivity contribution is 6.01. The van der Waals surface area contributed by atoms with E-state index in [1.807, 2.05) is 0 Å². The van der Waals surface area contributed by atoms with Gasteiger partial charge in [-0.15, -0.1) is 0 Å². The van der Waals surface area contributed by atoms with Crippen LogP contribution in [0.5, 0.6) is 0 Å². The Morgan fingerprint density at radius 3 is 2.53 bits per heavy atom. The third-order valence-corrected chi connectivity index (χ3v) is 6.42. The fourth-order valence-electron chi connectivity index (χ4n) is 4.19. The fourth-order valence-corrected chi connectivity index (χ4v) is 4.19. The zero-order valence-corrected chi connectivity index (χ0v) is 18.7. The molecule has 2 heterocycles. The topological polar surface area (TPSA) is 96.3 Å². The van der Waals surface area contributed by atoms with E-state index in [4.69, 9.17) is 0 Å². The van der Waals surface area contributed by atoms with Crippen LogP contribution in [0, 0.1) is 5.92 Å². The summed E-state index contributed by atoms with van der Waals surface area (Å²) in [5.74, 6) is -0.271. The van der Waals surface area contributed by atoms with Crippen LogP contribution >= 0.6 is 0 Å². The lowest BCUT2D eigenvalue weighted by Gasteiger charge is -2.40. The number of carbonyl (C=O) groups is 3. The molecule has 0 saturated heterocycles. The standard InChI is InChI=1S/C22H35N5O3/c1-15(2)11-12-23-21(30)22(3)14-27-18(20(29)26(22)4)13-17(25-27)19(28)24-16-9-7-5-6-8-10-16/h13,15-16H,5-12,14H2,1-4H3,(H,23,30)(H,24,28). The number of hydrogen-bond donors (Lipinski definition) is 2. The van der Waals surface area contributed by atoms with E-state index in [9.17, 15) is 14.4 Å². The van der Waals surface area contributed by atoms with Crippen molar-refractivity contribution in [3.63, 3.8) is 0 Å². The second kappa shape index (κ2) is 9.18. The van der Waals surface area contributed by atoms with Crippen molar-refractivity contribution in [2.24, 2.45) is 5.92 Å². The molecule has 1 aliphatic heterocycles. The number of nitrogens with one attached hydrogen (secondary N) is 2. The predicted molar refractivity (Wildman–Crippen MR) is 114 cm³/mol. The van der Waals surface area contributed by atoms with Crippen LogP contribution in [-0.2, 0) is 11.3 Å². The maximum absolute atomic E-state index is 12.9. The average Bonchev–Trinajstić information content (AvgIpc) is 2.95. The molecule has 1 fully saturated rings. The summed E-state index contributed by atoms with van der Waals surface area (Å²) in [7, 11) is 1.63. The van der Waals surface area contributed by atoms with Gasteiger partial charge in [0.15, 0.2) is 5.69 Å². The van der Waals surface area contributed by atoms with Gasteiger partial charge < -0.3 is 15.5 Å². The van der Waals surface area contributed by atoms with Crippen molar-refractivity contribution >= 4 is 17.7 Å². The summed E-state index contributed by atoms with van der Waals surface area (Å²) in [5, 5.41) is 10.4. The Hall–Kier alpha value is -2.38. The highest BCUT2D eigenvalue weighted by atomic mass is 16.2. The van der Waals surface area contributed by atoms with Crippen LogP contribution in [0.2, 0.25) is 0 Å². The van der Waals surface area contributed by atoms with Crippen molar-refractivity contribution in [1.29, 1.82) is 0 Å². The van der Waals surface area contributed by atoms with E-state index in [-0.39, 0.29) is 36.0 Å². The van der Waals surface area contributed by atoms with E-state index in [2.05, 4.69) is 29.6 Å². The molecular weight excluding hydrogens is 382 g/mol. The van der Waals surface area contributed by atoms with Gasteiger partial charge in [-0.3, -0.25) is 19.1 Å². The summed E-state index contributed by atoms with van der Waals surface area (Å²) in [6.07, 6.45) is 7.51. The van der Waals surface area contributed by atoms with Crippen molar-refractivity contribution in [3.8, 4) is 0 Å². The van der Waals surface area contributed by atoms with Crippen molar-refractivity contribution in [2.45, 2.75) is 83.8 Å². The van der Waals surface area contributed by atoms with Crippen LogP contribution in [0.25, 0.3) is 0 Å². The van der Waals surface area contributed by atoms with E-state index in [0.29, 0.717) is 18.2 Å². The second-order valence-corrected chi connectivity index (χ2v) is 9.31. The van der Waals surface area contributed by atoms with E-state index in [0.717, 1.165) is 32.1 Å². The average molecular weight is 418 g/mol. The molecule has 0 aromatic carbocycles. The van der Waals surface area contributed by atoms with Gasteiger partial charge in [-0.05, 0) is 32.1 Å². The summed E-state index contributed by atoms with van der Waals surface area (Å²) >= 11 is 0. The molecule has 0 radical (unpaired) electrons. The van der Waals surface area contributed by atoms with Crippen LogP contribution < -0.4 is 10.6 Å². The van der Waals surface area contributed by atoms with Crippen LogP contribution in [0.15, 0.2) is 6.07 Å². The zero-order chi connectivity index (χ0) is 21.9. The molecule has 1 aromatic heterocycles. The number of nitrogens with zero attached hydrogens (tertiary/aromatic N) is 3. The Kier molecular flexibility index (Phi) is 6.83. The molecule has 0 spiro atoms. The third kappa shape index (κ3) is 4.68. The van der Waals surface area contributed by atoms with E-state index in [1.54, 1.807) is 20.0 Å². The molecule has 3 rings (SSSR count). The fraction of sp³-hybridized carbons (Fsp3) is 0.727. The van der Waals surface area contributed by atoms with Gasteiger partial charge in [0.1, 0.15) is 11.2 Å². The highest BCUT2D eigenvalue weighted by Crippen LogP contribution is 2.26. The maximum atomic E-state index is 12.9. The van der Waals surface area contributed by atoms with Gasteiger partial charge in [-0.25, -0.2) is 0 Å². The molecule has 8 nitrogen and oxygen atoms in total. The van der Waals surface area contributed by atoms with Crippen molar-refractivity contribution in [3.05, 3.63) is 17.5 Å². The van der Waals surface area contributed by atoms with Crippen molar-refractivity contribution < 1.29 is 14.4 Å². The number of rotatable bonds is 6. The maximum Gasteiger partial charge on any atom is 0.272 e. The lowest BCUT2D eigenvalue weighted by Crippen LogP contribution is -2.62. The summed E-state index contributed by atoms with van der Waals surface area (Å²) in [6, 6.07) is 1.70. The quantitative estimate of drug-likeness (QED) is 0.695. The number of fused-ring (bicyclic) bond motifs is 1. The Bertz CT molecular complexity index is 795. The first kappa shape index (κ1) is 22.3. The lowest BCUT2D eigenvalue weighted by molar-refractivity contribution is -0.132. The monoisotopic (exact) mass is 417 g/mol. The number of amides is 3. The Morgan fingerprint density at radius 2 is 1.90 bits per heavy atom. The highest BCUT2D eigenvalue weighted by Gasteiger charge is 2.46. The molecule has 2 N–H and O–H groups in total. The van der Waals surface area contributed by atoms with Crippen LogP contribution in [0.4, 0.5) is 0 Å². The van der Waals surface area contributed by atoms with E-state index >= 15 is 0 Å². The molecule has 1 aromatic rings. The molecule has 1 atom stereocenters. The number of likely N-dealkylation sites (N-methyl/N-ethyl adjacent to an activating group) is 1. The summed E-state index contributed by atoms with van der Waals surface area (Å²) in [5.41, 5.74) is -0.473. The smallest absolute Gasteiger partial charge is 0.272 e. The van der Waals surface area contributed by atoms with Gasteiger partial charge in [0, 0.05) is 25.7 Å². The van der Waals surface area contributed by atoms with Gasteiger partial charge in [-0.1, -0.05) is 39.5 Å². The van der Waals surface area contributed by atoms with Gasteiger partial charge in [0.05, 0.1) is 6.54 Å². The molecule has 8 heteroatoms. The Labute approximate surface area is 178 Å². The molecule has 1 unspecified atom stereocenters. The van der Waals surface area contributed by atoms with Gasteiger partial charge >= 0.3 is 0 Å². The van der Waals surface area contributed by atoms with Gasteiger partial charge in [0.25, 0.3) is 11.8 Å². The first-order valence-electron chi connectivity index (χ1n) is 11.2. The summed E-state index contributed by atoms with van der Waals surface area (Å²) in [6.45, 7) is 6.72. The largest absolute Gasteiger partial charge is 0.354 e. The number of aromatic nitrogens is 2. The first-order chi connectivity index (χ1) is 14.2.